The molecular weight excluding hydrogens is 376 g/mol. The zero-order valence-corrected chi connectivity index (χ0v) is 17.5. The molecule has 0 bridgehead atoms. The van der Waals surface area contributed by atoms with Crippen LogP contribution < -0.4 is 9.47 Å². The predicted octanol–water partition coefficient (Wildman–Crippen LogP) is 3.76. The highest BCUT2D eigenvalue weighted by molar-refractivity contribution is 6.32. The Morgan fingerprint density at radius 3 is 2.29 bits per heavy atom. The minimum absolute atomic E-state index is 0.0626. The molecule has 0 aromatic heterocycles. The second-order valence-electron chi connectivity index (χ2n) is 7.24. The van der Waals surface area contributed by atoms with Crippen LogP contribution in [0.3, 0.4) is 0 Å². The summed E-state index contributed by atoms with van der Waals surface area (Å²) >= 11 is 6.29. The summed E-state index contributed by atoms with van der Waals surface area (Å²) in [5.74, 6) is 1.24. The van der Waals surface area contributed by atoms with Crippen molar-refractivity contribution in [1.29, 1.82) is 0 Å². The lowest BCUT2D eigenvalue weighted by atomic mass is 10.1. The van der Waals surface area contributed by atoms with Crippen LogP contribution in [0.4, 0.5) is 0 Å². The van der Waals surface area contributed by atoms with Crippen molar-refractivity contribution in [2.24, 2.45) is 0 Å². The van der Waals surface area contributed by atoms with E-state index in [1.165, 1.54) is 5.56 Å². The Hall–Kier alpha value is -2.24. The summed E-state index contributed by atoms with van der Waals surface area (Å²) in [7, 11) is 4.10. The molecule has 3 rings (SSSR count). The summed E-state index contributed by atoms with van der Waals surface area (Å²) in [6, 6.07) is 12.1. The van der Waals surface area contributed by atoms with Crippen LogP contribution in [0.25, 0.3) is 0 Å². The van der Waals surface area contributed by atoms with Gasteiger partial charge in [-0.15, -0.1) is 0 Å². The largest absolute Gasteiger partial charge is 0.486 e. The van der Waals surface area contributed by atoms with E-state index in [1.54, 1.807) is 6.07 Å². The highest BCUT2D eigenvalue weighted by atomic mass is 35.5. The Morgan fingerprint density at radius 2 is 1.64 bits per heavy atom. The molecule has 0 fully saturated rings. The fourth-order valence-corrected chi connectivity index (χ4v) is 3.55. The smallest absolute Gasteiger partial charge is 0.227 e. The van der Waals surface area contributed by atoms with Crippen molar-refractivity contribution in [3.05, 3.63) is 58.1 Å². The van der Waals surface area contributed by atoms with Gasteiger partial charge < -0.3 is 19.3 Å². The molecule has 5 nitrogen and oxygen atoms in total. The number of hydrogen-bond donors (Lipinski definition) is 0. The molecule has 0 aliphatic carbocycles. The van der Waals surface area contributed by atoms with Crippen molar-refractivity contribution in [2.75, 3.05) is 33.9 Å². The quantitative estimate of drug-likeness (QED) is 0.707. The molecule has 0 unspecified atom stereocenters. The average Bonchev–Trinajstić information content (AvgIpc) is 2.67. The van der Waals surface area contributed by atoms with Crippen molar-refractivity contribution in [1.82, 2.24) is 9.80 Å². The van der Waals surface area contributed by atoms with Crippen LogP contribution in [0.1, 0.15) is 23.6 Å². The van der Waals surface area contributed by atoms with Gasteiger partial charge in [0.25, 0.3) is 0 Å². The SMILES string of the molecule is CCN(Cc1ccc(CN(C)C)cc1)C(=O)Cc1cc(Cl)c2c(c1)OCCO2. The van der Waals surface area contributed by atoms with Crippen LogP contribution in [-0.4, -0.2) is 49.6 Å². The molecule has 0 saturated heterocycles. The van der Waals surface area contributed by atoms with Gasteiger partial charge in [0.1, 0.15) is 13.2 Å². The number of carbonyl (C=O) groups is 1. The fraction of sp³-hybridized carbons (Fsp3) is 0.409. The summed E-state index contributed by atoms with van der Waals surface area (Å²) in [5.41, 5.74) is 3.21. The summed E-state index contributed by atoms with van der Waals surface area (Å²) in [4.78, 5) is 16.8. The van der Waals surface area contributed by atoms with Crippen LogP contribution in [0.15, 0.2) is 36.4 Å². The van der Waals surface area contributed by atoms with Gasteiger partial charge in [-0.2, -0.15) is 0 Å². The van der Waals surface area contributed by atoms with Gasteiger partial charge in [-0.3, -0.25) is 4.79 Å². The van der Waals surface area contributed by atoms with Gasteiger partial charge in [0.2, 0.25) is 5.91 Å². The molecule has 2 aromatic carbocycles. The number of likely N-dealkylation sites (N-methyl/N-ethyl adjacent to an activating group) is 1. The Bertz CT molecular complexity index is 821. The zero-order valence-electron chi connectivity index (χ0n) is 16.7. The molecule has 0 N–H and O–H groups in total. The molecule has 1 heterocycles. The third-order valence-corrected chi connectivity index (χ3v) is 4.92. The third-order valence-electron chi connectivity index (χ3n) is 4.64. The first-order valence-corrected chi connectivity index (χ1v) is 9.92. The van der Waals surface area contributed by atoms with Crippen molar-refractivity contribution < 1.29 is 14.3 Å². The summed E-state index contributed by atoms with van der Waals surface area (Å²) < 4.78 is 11.1. The number of nitrogens with zero attached hydrogens (tertiary/aromatic N) is 2. The van der Waals surface area contributed by atoms with E-state index in [4.69, 9.17) is 21.1 Å². The van der Waals surface area contributed by atoms with E-state index < -0.39 is 0 Å². The molecule has 1 aliphatic heterocycles. The molecule has 2 aromatic rings. The van der Waals surface area contributed by atoms with Gasteiger partial charge in [-0.25, -0.2) is 0 Å². The summed E-state index contributed by atoms with van der Waals surface area (Å²) in [6.45, 7) is 5.12. The standard InChI is InChI=1S/C22H27ClN2O3/c1-4-25(15-17-7-5-16(6-8-17)14-24(2)3)21(26)13-18-11-19(23)22-20(12-18)27-9-10-28-22/h5-8,11-12H,4,9-10,13-15H2,1-3H3. The number of carbonyl (C=O) groups excluding carboxylic acids is 1. The lowest BCUT2D eigenvalue weighted by Crippen LogP contribution is -2.31. The van der Waals surface area contributed by atoms with Crippen LogP contribution in [-0.2, 0) is 24.3 Å². The van der Waals surface area contributed by atoms with E-state index in [0.29, 0.717) is 42.8 Å². The average molecular weight is 403 g/mol. The van der Waals surface area contributed by atoms with E-state index in [1.807, 2.05) is 17.9 Å². The van der Waals surface area contributed by atoms with Crippen LogP contribution in [0.5, 0.6) is 11.5 Å². The second-order valence-corrected chi connectivity index (χ2v) is 7.65. The second kappa shape index (κ2) is 9.30. The van der Waals surface area contributed by atoms with Gasteiger partial charge in [0, 0.05) is 19.6 Å². The Morgan fingerprint density at radius 1 is 1.00 bits per heavy atom. The number of halogens is 1. The van der Waals surface area contributed by atoms with Crippen molar-refractivity contribution in [3.8, 4) is 11.5 Å². The molecule has 0 saturated carbocycles. The van der Waals surface area contributed by atoms with E-state index in [2.05, 4.69) is 43.3 Å². The molecule has 0 radical (unpaired) electrons. The van der Waals surface area contributed by atoms with E-state index in [-0.39, 0.29) is 12.3 Å². The molecular formula is C22H27ClN2O3. The van der Waals surface area contributed by atoms with Gasteiger partial charge >= 0.3 is 0 Å². The molecule has 28 heavy (non-hydrogen) atoms. The van der Waals surface area contributed by atoms with Crippen molar-refractivity contribution in [3.63, 3.8) is 0 Å². The maximum atomic E-state index is 12.8. The predicted molar refractivity (Wildman–Crippen MR) is 111 cm³/mol. The zero-order chi connectivity index (χ0) is 20.1. The van der Waals surface area contributed by atoms with Crippen LogP contribution in [0, 0.1) is 0 Å². The summed E-state index contributed by atoms with van der Waals surface area (Å²) in [5, 5.41) is 0.486. The topological polar surface area (TPSA) is 42.0 Å². The number of ether oxygens (including phenoxy) is 2. The lowest BCUT2D eigenvalue weighted by Gasteiger charge is -2.23. The lowest BCUT2D eigenvalue weighted by molar-refractivity contribution is -0.130. The first kappa shape index (κ1) is 20.5. The maximum Gasteiger partial charge on any atom is 0.227 e. The van der Waals surface area contributed by atoms with Gasteiger partial charge in [0.05, 0.1) is 11.4 Å². The van der Waals surface area contributed by atoms with Gasteiger partial charge in [-0.05, 0) is 49.8 Å². The minimum Gasteiger partial charge on any atom is -0.486 e. The van der Waals surface area contributed by atoms with E-state index in [9.17, 15) is 4.79 Å². The molecule has 6 heteroatoms. The van der Waals surface area contributed by atoms with Gasteiger partial charge in [0.15, 0.2) is 11.5 Å². The van der Waals surface area contributed by atoms with Crippen molar-refractivity contribution in [2.45, 2.75) is 26.4 Å². The van der Waals surface area contributed by atoms with Crippen molar-refractivity contribution >= 4 is 17.5 Å². The Labute approximate surface area is 171 Å². The van der Waals surface area contributed by atoms with E-state index >= 15 is 0 Å². The molecule has 1 amide bonds. The Kier molecular flexibility index (Phi) is 6.81. The monoisotopic (exact) mass is 402 g/mol. The molecule has 0 atom stereocenters. The molecule has 150 valence electrons. The highest BCUT2D eigenvalue weighted by Gasteiger charge is 2.19. The number of fused-ring (bicyclic) bond motifs is 1. The molecule has 0 spiro atoms. The fourth-order valence-electron chi connectivity index (χ4n) is 3.26. The van der Waals surface area contributed by atoms with Gasteiger partial charge in [-0.1, -0.05) is 35.9 Å². The first-order valence-electron chi connectivity index (χ1n) is 9.54. The third kappa shape index (κ3) is 5.18. The number of amides is 1. The van der Waals surface area contributed by atoms with Crippen LogP contribution in [0.2, 0.25) is 5.02 Å². The first-order chi connectivity index (χ1) is 13.5. The molecule has 1 aliphatic rings. The minimum atomic E-state index is 0.0626. The van der Waals surface area contributed by atoms with E-state index in [0.717, 1.165) is 17.7 Å². The number of rotatable bonds is 7. The number of hydrogen-bond acceptors (Lipinski definition) is 4. The number of benzene rings is 2. The van der Waals surface area contributed by atoms with Crippen LogP contribution >= 0.6 is 11.6 Å². The summed E-state index contributed by atoms with van der Waals surface area (Å²) in [6.07, 6.45) is 0.281. The maximum absolute atomic E-state index is 12.8. The normalized spacial score (nSPS) is 12.9. The Balaban J connectivity index is 1.66. The highest BCUT2D eigenvalue weighted by Crippen LogP contribution is 2.38.